The number of nitrogens with one attached hydrogen (secondary N) is 1. The third-order valence-electron chi connectivity index (χ3n) is 7.00. The second-order valence-corrected chi connectivity index (χ2v) is 9.94. The molecule has 4 rings (SSSR count). The van der Waals surface area contributed by atoms with E-state index >= 15 is 0 Å². The maximum Gasteiger partial charge on any atom is 0.317 e. The first-order chi connectivity index (χ1) is 17.9. The third kappa shape index (κ3) is 6.69. The van der Waals surface area contributed by atoms with Crippen LogP contribution in [0.5, 0.6) is 0 Å². The van der Waals surface area contributed by atoms with Crippen molar-refractivity contribution in [3.63, 3.8) is 0 Å². The summed E-state index contributed by atoms with van der Waals surface area (Å²) in [5, 5.41) is 9.75. The van der Waals surface area contributed by atoms with Crippen LogP contribution in [-0.4, -0.2) is 84.9 Å². The average molecular weight is 526 g/mol. The number of hydrogen-bond acceptors (Lipinski definition) is 5. The summed E-state index contributed by atoms with van der Waals surface area (Å²) in [5.41, 5.74) is 5.04. The Bertz CT molecular complexity index is 1150. The Morgan fingerprint density at radius 2 is 1.89 bits per heavy atom. The number of carbonyl (C=O) groups is 2. The number of benzene rings is 2. The molecule has 2 aromatic rings. The second kappa shape index (κ2) is 12.5. The number of ether oxygens (including phenoxy) is 1. The van der Waals surface area contributed by atoms with E-state index in [1.807, 2.05) is 37.3 Å². The average Bonchev–Trinajstić information content (AvgIpc) is 3.34. The van der Waals surface area contributed by atoms with Gasteiger partial charge < -0.3 is 15.0 Å². The molecule has 3 amide bonds. The summed E-state index contributed by atoms with van der Waals surface area (Å²) in [5.74, 6) is -0.239. The Labute approximate surface area is 224 Å². The zero-order valence-corrected chi connectivity index (χ0v) is 22.6. The first-order valence-electron chi connectivity index (χ1n) is 12.9. The number of morpholine rings is 1. The van der Waals surface area contributed by atoms with E-state index < -0.39 is 0 Å². The number of amides is 3. The summed E-state index contributed by atoms with van der Waals surface area (Å²) in [7, 11) is 0. The van der Waals surface area contributed by atoms with Gasteiger partial charge in [-0.25, -0.2) is 9.80 Å². The van der Waals surface area contributed by atoms with Crippen LogP contribution < -0.4 is 5.32 Å². The molecule has 0 radical (unpaired) electrons. The quantitative estimate of drug-likeness (QED) is 0.565. The number of rotatable bonds is 8. The highest BCUT2D eigenvalue weighted by Gasteiger charge is 2.35. The van der Waals surface area contributed by atoms with Crippen LogP contribution in [0, 0.1) is 13.8 Å². The fourth-order valence-electron chi connectivity index (χ4n) is 4.66. The molecule has 0 saturated carbocycles. The molecule has 2 aliphatic rings. The first-order valence-corrected chi connectivity index (χ1v) is 13.3. The molecule has 2 aliphatic heterocycles. The predicted octanol–water partition coefficient (Wildman–Crippen LogP) is 4.00. The van der Waals surface area contributed by atoms with Gasteiger partial charge in [-0.3, -0.25) is 9.69 Å². The molecule has 0 aromatic heterocycles. The van der Waals surface area contributed by atoms with Crippen molar-refractivity contribution in [1.82, 2.24) is 20.1 Å². The highest BCUT2D eigenvalue weighted by atomic mass is 35.5. The number of aryl methyl sites for hydroxylation is 2. The van der Waals surface area contributed by atoms with Gasteiger partial charge in [-0.15, -0.1) is 0 Å². The Balaban J connectivity index is 1.58. The summed E-state index contributed by atoms with van der Waals surface area (Å²) in [6.07, 6.45) is 0.549. The molecule has 9 heteroatoms. The number of hydrazone groups is 1. The van der Waals surface area contributed by atoms with Crippen molar-refractivity contribution in [2.45, 2.75) is 33.2 Å². The Kier molecular flexibility index (Phi) is 9.18. The molecule has 8 nitrogen and oxygen atoms in total. The molecule has 0 bridgehead atoms. The predicted molar refractivity (Wildman–Crippen MR) is 146 cm³/mol. The second-order valence-electron chi connectivity index (χ2n) is 9.54. The lowest BCUT2D eigenvalue weighted by atomic mass is 9.96. The zero-order chi connectivity index (χ0) is 26.4. The number of urea groups is 1. The number of halogens is 1. The maximum absolute atomic E-state index is 13.7. The number of carbonyl (C=O) groups excluding carboxylic acids is 2. The maximum atomic E-state index is 13.7. The van der Waals surface area contributed by atoms with Crippen LogP contribution in [0.4, 0.5) is 4.79 Å². The normalized spacial score (nSPS) is 18.0. The van der Waals surface area contributed by atoms with Crippen LogP contribution in [0.15, 0.2) is 47.6 Å². The molecule has 1 atom stereocenters. The molecule has 1 N–H and O–H groups in total. The Hall–Kier alpha value is -2.94. The number of nitrogens with zero attached hydrogens (tertiary/aromatic N) is 4. The summed E-state index contributed by atoms with van der Waals surface area (Å²) in [6.45, 7) is 10.6. The van der Waals surface area contributed by atoms with Crippen molar-refractivity contribution in [1.29, 1.82) is 0 Å². The largest absolute Gasteiger partial charge is 0.379 e. The lowest BCUT2D eigenvalue weighted by molar-refractivity contribution is -0.133. The van der Waals surface area contributed by atoms with Gasteiger partial charge in [-0.2, -0.15) is 5.10 Å². The summed E-state index contributed by atoms with van der Waals surface area (Å²) in [6, 6.07) is 13.2. The van der Waals surface area contributed by atoms with Gasteiger partial charge in [0.1, 0.15) is 6.54 Å². The molecule has 37 heavy (non-hydrogen) atoms. The van der Waals surface area contributed by atoms with Crippen LogP contribution in [0.2, 0.25) is 5.02 Å². The van der Waals surface area contributed by atoms with Gasteiger partial charge >= 0.3 is 6.03 Å². The van der Waals surface area contributed by atoms with E-state index in [0.29, 0.717) is 44.3 Å². The van der Waals surface area contributed by atoms with Crippen LogP contribution in [-0.2, 0) is 9.53 Å². The minimum Gasteiger partial charge on any atom is -0.379 e. The smallest absolute Gasteiger partial charge is 0.317 e. The molecule has 0 unspecified atom stereocenters. The van der Waals surface area contributed by atoms with Gasteiger partial charge in [-0.1, -0.05) is 41.9 Å². The fourth-order valence-corrected chi connectivity index (χ4v) is 4.92. The monoisotopic (exact) mass is 525 g/mol. The molecule has 0 aliphatic carbocycles. The first kappa shape index (κ1) is 27.1. The van der Waals surface area contributed by atoms with Gasteiger partial charge in [-0.05, 0) is 55.2 Å². The molecular weight excluding hydrogens is 490 g/mol. The third-order valence-corrected chi connectivity index (χ3v) is 7.35. The minimum atomic E-state index is -0.340. The van der Waals surface area contributed by atoms with Crippen molar-refractivity contribution in [3.05, 3.63) is 69.7 Å². The standard InChI is InChI=1S/C28H36ClN5O3/c1-4-30-28(36)33(12-11-32-13-15-37-16-14-32)19-27(35)34-26(23-7-5-6-8-24(23)29)18-25(31-34)22-10-9-20(2)21(3)17-22/h5-10,17,26H,4,11-16,18-19H2,1-3H3,(H,30,36)/t26-/m0/s1. The Morgan fingerprint density at radius 3 is 2.59 bits per heavy atom. The van der Waals surface area contributed by atoms with Crippen LogP contribution >= 0.6 is 11.6 Å². The summed E-state index contributed by atoms with van der Waals surface area (Å²) in [4.78, 5) is 30.4. The molecule has 1 fully saturated rings. The molecule has 198 valence electrons. The van der Waals surface area contributed by atoms with E-state index in [-0.39, 0.29) is 24.5 Å². The van der Waals surface area contributed by atoms with Crippen LogP contribution in [0.3, 0.4) is 0 Å². The van der Waals surface area contributed by atoms with E-state index in [4.69, 9.17) is 21.4 Å². The van der Waals surface area contributed by atoms with E-state index in [2.05, 4.69) is 36.2 Å². The van der Waals surface area contributed by atoms with Crippen molar-refractivity contribution in [2.75, 3.05) is 52.5 Å². The van der Waals surface area contributed by atoms with Crippen molar-refractivity contribution >= 4 is 29.3 Å². The van der Waals surface area contributed by atoms with Crippen molar-refractivity contribution < 1.29 is 14.3 Å². The SMILES string of the molecule is CCNC(=O)N(CCN1CCOCC1)CC(=O)N1N=C(c2ccc(C)c(C)c2)C[C@H]1c1ccccc1Cl. The van der Waals surface area contributed by atoms with Crippen LogP contribution in [0.1, 0.15) is 41.6 Å². The summed E-state index contributed by atoms with van der Waals surface area (Å²) < 4.78 is 5.43. The topological polar surface area (TPSA) is 77.5 Å². The van der Waals surface area contributed by atoms with Gasteiger partial charge in [0.25, 0.3) is 5.91 Å². The van der Waals surface area contributed by atoms with Crippen molar-refractivity contribution in [2.24, 2.45) is 5.10 Å². The highest BCUT2D eigenvalue weighted by molar-refractivity contribution is 6.31. The number of hydrogen-bond donors (Lipinski definition) is 1. The molecule has 0 spiro atoms. The lowest BCUT2D eigenvalue weighted by Crippen LogP contribution is -2.49. The zero-order valence-electron chi connectivity index (χ0n) is 21.9. The van der Waals surface area contributed by atoms with Crippen LogP contribution in [0.25, 0.3) is 0 Å². The van der Waals surface area contributed by atoms with E-state index in [9.17, 15) is 9.59 Å². The summed E-state index contributed by atoms with van der Waals surface area (Å²) >= 11 is 6.57. The van der Waals surface area contributed by atoms with Gasteiger partial charge in [0.15, 0.2) is 0 Å². The van der Waals surface area contributed by atoms with Crippen molar-refractivity contribution in [3.8, 4) is 0 Å². The molecular formula is C28H36ClN5O3. The van der Waals surface area contributed by atoms with Gasteiger partial charge in [0.2, 0.25) is 0 Å². The van der Waals surface area contributed by atoms with E-state index in [1.165, 1.54) is 16.1 Å². The van der Waals surface area contributed by atoms with Gasteiger partial charge in [0.05, 0.1) is 25.0 Å². The lowest BCUT2D eigenvalue weighted by Gasteiger charge is -2.31. The van der Waals surface area contributed by atoms with E-state index in [0.717, 1.165) is 29.9 Å². The van der Waals surface area contributed by atoms with Gasteiger partial charge in [0, 0.05) is 44.2 Å². The Morgan fingerprint density at radius 1 is 1.14 bits per heavy atom. The highest BCUT2D eigenvalue weighted by Crippen LogP contribution is 2.36. The van der Waals surface area contributed by atoms with E-state index in [1.54, 1.807) is 4.90 Å². The minimum absolute atomic E-state index is 0.0686. The molecule has 1 saturated heterocycles. The fraction of sp³-hybridized carbons (Fsp3) is 0.464. The molecule has 2 aromatic carbocycles. The molecule has 2 heterocycles.